The zero-order valence-electron chi connectivity index (χ0n) is 9.80. The molecule has 2 heterocycles. The van der Waals surface area contributed by atoms with Gasteiger partial charge in [-0.25, -0.2) is 4.98 Å². The lowest BCUT2D eigenvalue weighted by Crippen LogP contribution is -2.43. The van der Waals surface area contributed by atoms with Gasteiger partial charge in [0.1, 0.15) is 0 Å². The lowest BCUT2D eigenvalue weighted by molar-refractivity contribution is -0.0343. The Kier molecular flexibility index (Phi) is 3.93. The molecule has 1 fully saturated rings. The van der Waals surface area contributed by atoms with Crippen LogP contribution in [0.3, 0.4) is 0 Å². The third kappa shape index (κ3) is 2.81. The smallest absolute Gasteiger partial charge is 0.0950 e. The van der Waals surface area contributed by atoms with E-state index in [1.807, 2.05) is 12.5 Å². The highest BCUT2D eigenvalue weighted by Gasteiger charge is 2.19. The largest absolute Gasteiger partial charge is 0.374 e. The molecule has 5 nitrogen and oxygen atoms in total. The van der Waals surface area contributed by atoms with E-state index in [9.17, 15) is 0 Å². The van der Waals surface area contributed by atoms with Crippen LogP contribution >= 0.6 is 0 Å². The summed E-state index contributed by atoms with van der Waals surface area (Å²) < 4.78 is 7.80. The van der Waals surface area contributed by atoms with Gasteiger partial charge in [0.2, 0.25) is 0 Å². The number of nitrogens with zero attached hydrogens (tertiary/aromatic N) is 3. The fourth-order valence-corrected chi connectivity index (χ4v) is 2.02. The molecule has 0 aliphatic carbocycles. The van der Waals surface area contributed by atoms with Crippen LogP contribution in [0.15, 0.2) is 12.5 Å². The summed E-state index contributed by atoms with van der Waals surface area (Å²) in [6.45, 7) is 7.53. The second-order valence-corrected chi connectivity index (χ2v) is 4.15. The van der Waals surface area contributed by atoms with Gasteiger partial charge in [0.25, 0.3) is 0 Å². The van der Waals surface area contributed by atoms with Crippen LogP contribution in [-0.4, -0.2) is 46.8 Å². The predicted molar refractivity (Wildman–Crippen MR) is 62.0 cm³/mol. The standard InChI is InChI=1S/C11H20N4O/c1-2-14-3-4-16-11(7-14)8-15-6-10(5-12)13-9-15/h6,9,11H,2-5,7-8,12H2,1H3. The molecule has 1 aliphatic heterocycles. The number of rotatable bonds is 4. The van der Waals surface area contributed by atoms with Gasteiger partial charge in [-0.15, -0.1) is 0 Å². The third-order valence-corrected chi connectivity index (χ3v) is 2.98. The van der Waals surface area contributed by atoms with Crippen molar-refractivity contribution in [1.82, 2.24) is 14.5 Å². The summed E-state index contributed by atoms with van der Waals surface area (Å²) in [5.74, 6) is 0. The summed E-state index contributed by atoms with van der Waals surface area (Å²) in [5.41, 5.74) is 6.46. The molecule has 5 heteroatoms. The van der Waals surface area contributed by atoms with Gasteiger partial charge < -0.3 is 15.0 Å². The molecule has 0 bridgehead atoms. The quantitative estimate of drug-likeness (QED) is 0.786. The minimum absolute atomic E-state index is 0.272. The minimum Gasteiger partial charge on any atom is -0.374 e. The SMILES string of the molecule is CCN1CCOC(Cn2cnc(CN)c2)C1. The second kappa shape index (κ2) is 5.43. The summed E-state index contributed by atoms with van der Waals surface area (Å²) in [6, 6.07) is 0. The summed E-state index contributed by atoms with van der Waals surface area (Å²) in [6.07, 6.45) is 4.10. The normalized spacial score (nSPS) is 22.5. The maximum absolute atomic E-state index is 5.74. The molecule has 2 N–H and O–H groups in total. The summed E-state index contributed by atoms with van der Waals surface area (Å²) in [4.78, 5) is 6.62. The number of hydrogen-bond acceptors (Lipinski definition) is 4. The molecule has 1 aromatic rings. The van der Waals surface area contributed by atoms with Crippen LogP contribution in [-0.2, 0) is 17.8 Å². The Morgan fingerprint density at radius 1 is 1.62 bits per heavy atom. The summed E-state index contributed by atoms with van der Waals surface area (Å²) in [5, 5.41) is 0. The van der Waals surface area contributed by atoms with E-state index in [2.05, 4.69) is 21.4 Å². The number of likely N-dealkylation sites (N-methyl/N-ethyl adjacent to an activating group) is 1. The number of imidazole rings is 1. The topological polar surface area (TPSA) is 56.3 Å². The molecule has 0 aromatic carbocycles. The highest BCUT2D eigenvalue weighted by atomic mass is 16.5. The van der Waals surface area contributed by atoms with E-state index in [1.165, 1.54) is 0 Å². The van der Waals surface area contributed by atoms with Gasteiger partial charge in [0.15, 0.2) is 0 Å². The molecule has 0 amide bonds. The molecule has 1 unspecified atom stereocenters. The van der Waals surface area contributed by atoms with Gasteiger partial charge >= 0.3 is 0 Å². The van der Waals surface area contributed by atoms with Crippen LogP contribution < -0.4 is 5.73 Å². The maximum atomic E-state index is 5.74. The molecule has 1 aliphatic rings. The monoisotopic (exact) mass is 224 g/mol. The van der Waals surface area contributed by atoms with E-state index in [1.54, 1.807) is 0 Å². The average molecular weight is 224 g/mol. The summed E-state index contributed by atoms with van der Waals surface area (Å²) in [7, 11) is 0. The van der Waals surface area contributed by atoms with Crippen molar-refractivity contribution < 1.29 is 4.74 Å². The zero-order valence-corrected chi connectivity index (χ0v) is 9.80. The van der Waals surface area contributed by atoms with E-state index in [0.717, 1.165) is 38.5 Å². The second-order valence-electron chi connectivity index (χ2n) is 4.15. The first-order valence-corrected chi connectivity index (χ1v) is 5.86. The van der Waals surface area contributed by atoms with Crippen molar-refractivity contribution in [2.75, 3.05) is 26.2 Å². The van der Waals surface area contributed by atoms with Crippen LogP contribution in [0.25, 0.3) is 0 Å². The molecule has 1 atom stereocenters. The predicted octanol–water partition coefficient (Wildman–Crippen LogP) is 0.0625. The van der Waals surface area contributed by atoms with E-state index in [4.69, 9.17) is 10.5 Å². The van der Waals surface area contributed by atoms with Crippen LogP contribution in [0.2, 0.25) is 0 Å². The Balaban J connectivity index is 1.88. The Hall–Kier alpha value is -0.910. The molecule has 16 heavy (non-hydrogen) atoms. The number of nitrogens with two attached hydrogens (primary N) is 1. The van der Waals surface area contributed by atoms with E-state index in [-0.39, 0.29) is 6.10 Å². The highest BCUT2D eigenvalue weighted by molar-refractivity contribution is 4.95. The first kappa shape index (κ1) is 11.6. The Morgan fingerprint density at radius 2 is 2.50 bits per heavy atom. The van der Waals surface area contributed by atoms with Gasteiger partial charge in [-0.3, -0.25) is 4.90 Å². The molecular weight excluding hydrogens is 204 g/mol. The highest BCUT2D eigenvalue weighted by Crippen LogP contribution is 2.07. The fraction of sp³-hybridized carbons (Fsp3) is 0.727. The number of ether oxygens (including phenoxy) is 1. The first-order chi connectivity index (χ1) is 7.81. The molecule has 0 spiro atoms. The molecule has 1 saturated heterocycles. The first-order valence-electron chi connectivity index (χ1n) is 5.86. The van der Waals surface area contributed by atoms with Crippen molar-refractivity contribution in [2.45, 2.75) is 26.1 Å². The van der Waals surface area contributed by atoms with Crippen LogP contribution in [0.5, 0.6) is 0 Å². The number of aromatic nitrogens is 2. The molecule has 0 radical (unpaired) electrons. The molecule has 1 aromatic heterocycles. The van der Waals surface area contributed by atoms with Crippen LogP contribution in [0.1, 0.15) is 12.6 Å². The Morgan fingerprint density at radius 3 is 3.19 bits per heavy atom. The maximum Gasteiger partial charge on any atom is 0.0950 e. The molecule has 2 rings (SSSR count). The van der Waals surface area contributed by atoms with Crippen molar-refractivity contribution in [3.05, 3.63) is 18.2 Å². The number of hydrogen-bond donors (Lipinski definition) is 1. The molecule has 90 valence electrons. The summed E-state index contributed by atoms with van der Waals surface area (Å²) >= 11 is 0. The molecular formula is C11H20N4O. The van der Waals surface area contributed by atoms with E-state index < -0.39 is 0 Å². The Bertz CT molecular complexity index is 326. The van der Waals surface area contributed by atoms with Crippen LogP contribution in [0, 0.1) is 0 Å². The lowest BCUT2D eigenvalue weighted by Gasteiger charge is -2.32. The van der Waals surface area contributed by atoms with E-state index >= 15 is 0 Å². The third-order valence-electron chi connectivity index (χ3n) is 2.98. The Labute approximate surface area is 96.2 Å². The van der Waals surface area contributed by atoms with Gasteiger partial charge in [0.05, 0.1) is 31.3 Å². The minimum atomic E-state index is 0.272. The van der Waals surface area contributed by atoms with Crippen LogP contribution in [0.4, 0.5) is 0 Å². The van der Waals surface area contributed by atoms with Crippen molar-refractivity contribution in [2.24, 2.45) is 5.73 Å². The lowest BCUT2D eigenvalue weighted by atomic mass is 10.2. The molecule has 0 saturated carbocycles. The van der Waals surface area contributed by atoms with Crippen molar-refractivity contribution >= 4 is 0 Å². The van der Waals surface area contributed by atoms with Gasteiger partial charge in [0, 0.05) is 25.8 Å². The number of morpholine rings is 1. The van der Waals surface area contributed by atoms with Gasteiger partial charge in [-0.05, 0) is 6.54 Å². The van der Waals surface area contributed by atoms with Gasteiger partial charge in [-0.1, -0.05) is 6.92 Å². The average Bonchev–Trinajstić information content (AvgIpc) is 2.77. The van der Waals surface area contributed by atoms with Crippen molar-refractivity contribution in [3.8, 4) is 0 Å². The van der Waals surface area contributed by atoms with E-state index in [0.29, 0.717) is 6.54 Å². The zero-order chi connectivity index (χ0) is 11.4. The fourth-order valence-electron chi connectivity index (χ4n) is 2.02. The van der Waals surface area contributed by atoms with Gasteiger partial charge in [-0.2, -0.15) is 0 Å². The van der Waals surface area contributed by atoms with Crippen molar-refractivity contribution in [3.63, 3.8) is 0 Å². The van der Waals surface area contributed by atoms with Crippen molar-refractivity contribution in [1.29, 1.82) is 0 Å².